The van der Waals surface area contributed by atoms with E-state index in [1.54, 1.807) is 32.0 Å². The Morgan fingerprint density at radius 2 is 2.05 bits per heavy atom. The van der Waals surface area contributed by atoms with Gasteiger partial charge in [-0.2, -0.15) is 0 Å². The van der Waals surface area contributed by atoms with Crippen LogP contribution < -0.4 is 4.74 Å². The van der Waals surface area contributed by atoms with Crippen molar-refractivity contribution < 1.29 is 23.8 Å². The van der Waals surface area contributed by atoms with Crippen molar-refractivity contribution >= 4 is 27.9 Å². The molecular weight excluding hydrogens is 316 g/mol. The summed E-state index contributed by atoms with van der Waals surface area (Å²) in [5, 5.41) is 0. The number of hydrogen-bond donors (Lipinski definition) is 0. The molecule has 0 radical (unpaired) electrons. The third-order valence-electron chi connectivity index (χ3n) is 2.27. The van der Waals surface area contributed by atoms with Crippen LogP contribution in [-0.4, -0.2) is 31.8 Å². The lowest BCUT2D eigenvalue weighted by atomic mass is 10.2. The molecular formula is C13H15BrO5. The van der Waals surface area contributed by atoms with E-state index in [0.29, 0.717) is 4.47 Å². The van der Waals surface area contributed by atoms with Crippen LogP contribution in [0.4, 0.5) is 0 Å². The lowest BCUT2D eigenvalue weighted by Gasteiger charge is -2.15. The number of hydrogen-bond acceptors (Lipinski definition) is 5. The molecule has 0 amide bonds. The Morgan fingerprint density at radius 3 is 2.63 bits per heavy atom. The fourth-order valence-corrected chi connectivity index (χ4v) is 1.73. The lowest BCUT2D eigenvalue weighted by molar-refractivity contribution is -0.150. The van der Waals surface area contributed by atoms with E-state index < -0.39 is 18.0 Å². The molecule has 104 valence electrons. The van der Waals surface area contributed by atoms with E-state index in [1.807, 2.05) is 0 Å². The molecule has 1 aromatic rings. The van der Waals surface area contributed by atoms with Crippen molar-refractivity contribution in [2.24, 2.45) is 0 Å². The summed E-state index contributed by atoms with van der Waals surface area (Å²) in [5.74, 6) is -0.746. The molecule has 0 saturated heterocycles. The van der Waals surface area contributed by atoms with Gasteiger partial charge in [-0.1, -0.05) is 15.9 Å². The minimum Gasteiger partial charge on any atom is -0.478 e. The number of benzene rings is 1. The highest BCUT2D eigenvalue weighted by Crippen LogP contribution is 2.25. The Balaban J connectivity index is 2.94. The predicted octanol–water partition coefficient (Wildman–Crippen LogP) is 2.57. The van der Waals surface area contributed by atoms with Crippen molar-refractivity contribution in [2.75, 3.05) is 13.7 Å². The second-order valence-electron chi connectivity index (χ2n) is 3.64. The zero-order valence-corrected chi connectivity index (χ0v) is 12.5. The first-order valence-electron chi connectivity index (χ1n) is 5.70. The lowest BCUT2D eigenvalue weighted by Crippen LogP contribution is -2.26. The fraction of sp³-hybridized carbons (Fsp3) is 0.385. The summed E-state index contributed by atoms with van der Waals surface area (Å²) >= 11 is 3.26. The van der Waals surface area contributed by atoms with E-state index in [2.05, 4.69) is 20.7 Å². The third-order valence-corrected chi connectivity index (χ3v) is 2.76. The summed E-state index contributed by atoms with van der Waals surface area (Å²) in [6.07, 6.45) is -0.801. The molecule has 0 aromatic heterocycles. The van der Waals surface area contributed by atoms with E-state index in [4.69, 9.17) is 9.47 Å². The molecule has 0 saturated carbocycles. The summed E-state index contributed by atoms with van der Waals surface area (Å²) in [6, 6.07) is 4.87. The maximum Gasteiger partial charge on any atom is 0.347 e. The van der Waals surface area contributed by atoms with Gasteiger partial charge in [0, 0.05) is 4.47 Å². The Labute approximate surface area is 120 Å². The normalized spacial score (nSPS) is 11.6. The van der Waals surface area contributed by atoms with Crippen molar-refractivity contribution in [3.05, 3.63) is 28.2 Å². The summed E-state index contributed by atoms with van der Waals surface area (Å²) in [6.45, 7) is 3.54. The molecule has 0 spiro atoms. The predicted molar refractivity (Wildman–Crippen MR) is 72.2 cm³/mol. The SMILES string of the molecule is CCOC(=O)C(C)Oc1ccc(Br)cc1C(=O)OC. The number of halogens is 1. The highest BCUT2D eigenvalue weighted by atomic mass is 79.9. The van der Waals surface area contributed by atoms with Gasteiger partial charge in [0.2, 0.25) is 0 Å². The van der Waals surface area contributed by atoms with Gasteiger partial charge in [-0.05, 0) is 32.0 Å². The standard InChI is InChI=1S/C13H15BrO5/c1-4-18-12(15)8(2)19-11-6-5-9(14)7-10(11)13(16)17-3/h5-8H,4H2,1-3H3. The van der Waals surface area contributed by atoms with E-state index in [-0.39, 0.29) is 17.9 Å². The van der Waals surface area contributed by atoms with Crippen LogP contribution in [0.25, 0.3) is 0 Å². The van der Waals surface area contributed by atoms with E-state index in [1.165, 1.54) is 7.11 Å². The second-order valence-corrected chi connectivity index (χ2v) is 4.56. The van der Waals surface area contributed by atoms with Gasteiger partial charge in [-0.25, -0.2) is 9.59 Å². The molecule has 0 aliphatic rings. The molecule has 0 aliphatic heterocycles. The van der Waals surface area contributed by atoms with Gasteiger partial charge in [0.25, 0.3) is 0 Å². The molecule has 1 aromatic carbocycles. The number of rotatable bonds is 5. The first-order valence-corrected chi connectivity index (χ1v) is 6.50. The zero-order chi connectivity index (χ0) is 14.4. The molecule has 1 rings (SSSR count). The topological polar surface area (TPSA) is 61.8 Å². The van der Waals surface area contributed by atoms with Crippen LogP contribution in [0.1, 0.15) is 24.2 Å². The van der Waals surface area contributed by atoms with Crippen LogP contribution in [0.3, 0.4) is 0 Å². The van der Waals surface area contributed by atoms with Crippen LogP contribution in [0.5, 0.6) is 5.75 Å². The monoisotopic (exact) mass is 330 g/mol. The van der Waals surface area contributed by atoms with Gasteiger partial charge in [-0.15, -0.1) is 0 Å². The smallest absolute Gasteiger partial charge is 0.347 e. The average Bonchev–Trinajstić information content (AvgIpc) is 2.40. The Bertz CT molecular complexity index is 472. The molecule has 0 fully saturated rings. The molecule has 1 atom stereocenters. The van der Waals surface area contributed by atoms with Crippen LogP contribution in [0.15, 0.2) is 22.7 Å². The maximum atomic E-state index is 11.6. The summed E-state index contributed by atoms with van der Waals surface area (Å²) in [7, 11) is 1.28. The van der Waals surface area contributed by atoms with Crippen molar-refractivity contribution in [1.29, 1.82) is 0 Å². The fourth-order valence-electron chi connectivity index (χ4n) is 1.37. The van der Waals surface area contributed by atoms with Crippen molar-refractivity contribution in [1.82, 2.24) is 0 Å². The molecule has 0 bridgehead atoms. The number of esters is 2. The number of ether oxygens (including phenoxy) is 3. The van der Waals surface area contributed by atoms with Gasteiger partial charge in [-0.3, -0.25) is 0 Å². The highest BCUT2D eigenvalue weighted by molar-refractivity contribution is 9.10. The van der Waals surface area contributed by atoms with Crippen LogP contribution in [-0.2, 0) is 14.3 Å². The zero-order valence-electron chi connectivity index (χ0n) is 10.9. The van der Waals surface area contributed by atoms with Crippen LogP contribution >= 0.6 is 15.9 Å². The summed E-state index contributed by atoms with van der Waals surface area (Å²) < 4.78 is 15.7. The quantitative estimate of drug-likeness (QED) is 0.776. The van der Waals surface area contributed by atoms with Gasteiger partial charge in [0.15, 0.2) is 6.10 Å². The number of methoxy groups -OCH3 is 1. The van der Waals surface area contributed by atoms with Crippen LogP contribution in [0.2, 0.25) is 0 Å². The van der Waals surface area contributed by atoms with Crippen LogP contribution in [0, 0.1) is 0 Å². The Morgan fingerprint density at radius 1 is 1.37 bits per heavy atom. The number of carbonyl (C=O) groups is 2. The largest absolute Gasteiger partial charge is 0.478 e. The molecule has 0 aliphatic carbocycles. The minimum atomic E-state index is -0.801. The average molecular weight is 331 g/mol. The Kier molecular flexibility index (Phi) is 5.82. The van der Waals surface area contributed by atoms with Gasteiger partial charge in [0.05, 0.1) is 13.7 Å². The third kappa shape index (κ3) is 4.24. The summed E-state index contributed by atoms with van der Waals surface area (Å²) in [4.78, 5) is 23.1. The van der Waals surface area contributed by atoms with E-state index in [9.17, 15) is 9.59 Å². The van der Waals surface area contributed by atoms with Crippen molar-refractivity contribution in [2.45, 2.75) is 20.0 Å². The van der Waals surface area contributed by atoms with Crippen molar-refractivity contribution in [3.63, 3.8) is 0 Å². The minimum absolute atomic E-state index is 0.244. The second kappa shape index (κ2) is 7.13. The molecule has 0 heterocycles. The van der Waals surface area contributed by atoms with E-state index >= 15 is 0 Å². The Hall–Kier alpha value is -1.56. The summed E-state index contributed by atoms with van der Waals surface area (Å²) in [5.41, 5.74) is 0.244. The van der Waals surface area contributed by atoms with Crippen molar-refractivity contribution in [3.8, 4) is 5.75 Å². The van der Waals surface area contributed by atoms with Gasteiger partial charge < -0.3 is 14.2 Å². The number of carbonyl (C=O) groups excluding carboxylic acids is 2. The maximum absolute atomic E-state index is 11.6. The highest BCUT2D eigenvalue weighted by Gasteiger charge is 2.20. The molecule has 1 unspecified atom stereocenters. The van der Waals surface area contributed by atoms with E-state index in [0.717, 1.165) is 0 Å². The molecule has 5 nitrogen and oxygen atoms in total. The first kappa shape index (κ1) is 15.5. The molecule has 6 heteroatoms. The molecule has 0 N–H and O–H groups in total. The molecule has 19 heavy (non-hydrogen) atoms. The first-order chi connectivity index (χ1) is 8.99. The van der Waals surface area contributed by atoms with Gasteiger partial charge >= 0.3 is 11.9 Å². The van der Waals surface area contributed by atoms with Gasteiger partial charge in [0.1, 0.15) is 11.3 Å².